The van der Waals surface area contributed by atoms with Gasteiger partial charge in [-0.05, 0) is 85.8 Å². The largest absolute Gasteiger partial charge is 0.383 e. The first-order valence-electron chi connectivity index (χ1n) is 11.3. The van der Waals surface area contributed by atoms with Crippen LogP contribution in [-0.4, -0.2) is 16.7 Å². The van der Waals surface area contributed by atoms with E-state index in [1.807, 2.05) is 43.3 Å². The van der Waals surface area contributed by atoms with E-state index < -0.39 is 0 Å². The fraction of sp³-hybridized carbons (Fsp3) is 0.0345. The van der Waals surface area contributed by atoms with Crippen LogP contribution in [0.3, 0.4) is 0 Å². The van der Waals surface area contributed by atoms with E-state index in [1.54, 1.807) is 48.7 Å². The van der Waals surface area contributed by atoms with Gasteiger partial charge in [-0.1, -0.05) is 6.42 Å². The number of terminal acetylenes is 1. The quantitative estimate of drug-likeness (QED) is 0.158. The molecule has 0 saturated carbocycles. The van der Waals surface area contributed by atoms with Crippen molar-refractivity contribution in [1.29, 1.82) is 5.26 Å². The first kappa shape index (κ1) is 24.5. The van der Waals surface area contributed by atoms with Crippen LogP contribution in [0.25, 0.3) is 10.9 Å². The Hall–Kier alpha value is -5.60. The minimum absolute atomic E-state index is 0.227. The van der Waals surface area contributed by atoms with Crippen LogP contribution in [0, 0.1) is 23.8 Å². The highest BCUT2D eigenvalue weighted by Gasteiger charge is 2.08. The van der Waals surface area contributed by atoms with E-state index in [2.05, 4.69) is 38.0 Å². The maximum Gasteiger partial charge on any atom is 0.255 e. The topological polar surface area (TPSA) is 128 Å². The molecule has 0 saturated heterocycles. The summed E-state index contributed by atoms with van der Waals surface area (Å²) in [4.78, 5) is 20.8. The smallest absolute Gasteiger partial charge is 0.255 e. The van der Waals surface area contributed by atoms with E-state index in [4.69, 9.17) is 12.2 Å². The summed E-state index contributed by atoms with van der Waals surface area (Å²) in [5.41, 5.74) is 11.4. The lowest BCUT2D eigenvalue weighted by molar-refractivity contribution is 0.102. The number of nitrogens with one attached hydrogen (secondary N) is 3. The molecule has 1 heterocycles. The second-order valence-electron chi connectivity index (χ2n) is 8.05. The summed E-state index contributed by atoms with van der Waals surface area (Å²) < 4.78 is 0. The minimum Gasteiger partial charge on any atom is -0.383 e. The number of carbonyl (C=O) groups is 1. The van der Waals surface area contributed by atoms with Gasteiger partial charge in [0.15, 0.2) is 0 Å². The number of hydrogen-bond acceptors (Lipinski definition) is 6. The van der Waals surface area contributed by atoms with Gasteiger partial charge in [0.2, 0.25) is 0 Å². The Morgan fingerprint density at radius 1 is 1.00 bits per heavy atom. The number of hydrogen-bond donors (Lipinski definition) is 4. The normalized spacial score (nSPS) is 11.3. The summed E-state index contributed by atoms with van der Waals surface area (Å²) in [5, 5.41) is 19.5. The lowest BCUT2D eigenvalue weighted by Crippen LogP contribution is -2.12. The van der Waals surface area contributed by atoms with E-state index in [-0.39, 0.29) is 11.7 Å². The number of anilines is 4. The number of carbonyl (C=O) groups excluding carboxylic acids is 1. The van der Waals surface area contributed by atoms with Gasteiger partial charge in [-0.2, -0.15) is 10.3 Å². The number of aromatic nitrogens is 1. The predicted octanol–water partition coefficient (Wildman–Crippen LogP) is 5.37. The fourth-order valence-corrected chi connectivity index (χ4v) is 3.62. The zero-order chi connectivity index (χ0) is 26.2. The molecule has 5 N–H and O–H groups in total. The Morgan fingerprint density at radius 2 is 1.68 bits per heavy atom. The lowest BCUT2D eigenvalue weighted by Gasteiger charge is -2.11. The SMILES string of the molecule is C#CN=C(N)/C=C(\C)Nc1ccc(NC(=O)c2ccc(Nc3ccnc4ccc(C#N)cc34)cc2)cc1. The Labute approximate surface area is 214 Å². The number of nitrogens with two attached hydrogens (primary N) is 1. The number of benzene rings is 3. The fourth-order valence-electron chi connectivity index (χ4n) is 3.62. The van der Waals surface area contributed by atoms with Gasteiger partial charge in [-0.3, -0.25) is 9.78 Å². The zero-order valence-corrected chi connectivity index (χ0v) is 20.0. The number of nitriles is 1. The first-order valence-corrected chi connectivity index (χ1v) is 11.3. The van der Waals surface area contributed by atoms with Crippen LogP contribution < -0.4 is 21.7 Å². The minimum atomic E-state index is -0.227. The molecule has 0 aliphatic carbocycles. The Morgan fingerprint density at radius 3 is 2.35 bits per heavy atom. The third kappa shape index (κ3) is 6.30. The number of pyridine rings is 1. The monoisotopic (exact) mass is 485 g/mol. The predicted molar refractivity (Wildman–Crippen MR) is 148 cm³/mol. The maximum atomic E-state index is 12.7. The van der Waals surface area contributed by atoms with E-state index in [0.717, 1.165) is 33.7 Å². The van der Waals surface area contributed by atoms with Crippen molar-refractivity contribution < 1.29 is 4.79 Å². The van der Waals surface area contributed by atoms with Crippen molar-refractivity contribution in [2.45, 2.75) is 6.92 Å². The highest BCUT2D eigenvalue weighted by atomic mass is 16.1. The van der Waals surface area contributed by atoms with Crippen LogP contribution in [0.15, 0.2) is 95.8 Å². The summed E-state index contributed by atoms with van der Waals surface area (Å²) in [6.45, 7) is 1.84. The molecule has 37 heavy (non-hydrogen) atoms. The number of aliphatic imine (C=N–C) groups is 1. The van der Waals surface area contributed by atoms with Crippen LogP contribution in [0.5, 0.6) is 0 Å². The average Bonchev–Trinajstić information content (AvgIpc) is 2.90. The van der Waals surface area contributed by atoms with Gasteiger partial charge in [0.1, 0.15) is 5.84 Å². The lowest BCUT2D eigenvalue weighted by atomic mass is 10.1. The summed E-state index contributed by atoms with van der Waals surface area (Å²) in [6.07, 6.45) is 8.45. The van der Waals surface area contributed by atoms with Gasteiger partial charge in [-0.15, -0.1) is 0 Å². The third-order valence-electron chi connectivity index (χ3n) is 5.34. The van der Waals surface area contributed by atoms with Gasteiger partial charge in [0.25, 0.3) is 5.91 Å². The molecular weight excluding hydrogens is 462 g/mol. The van der Waals surface area contributed by atoms with Crippen molar-refractivity contribution in [3.8, 4) is 18.5 Å². The standard InChI is InChI=1S/C29H23N7O/c1-3-32-28(31)16-19(2)34-22-9-11-24(12-10-22)36-29(37)21-5-7-23(8-6-21)35-27-14-15-33-26-13-4-20(18-30)17-25(26)27/h1,4-17,34H,2H3,(H2,31,32)(H,33,35)(H,36,37)/b19-16+. The van der Waals surface area contributed by atoms with Crippen LogP contribution in [0.1, 0.15) is 22.8 Å². The van der Waals surface area contributed by atoms with Crippen molar-refractivity contribution in [3.63, 3.8) is 0 Å². The summed E-state index contributed by atoms with van der Waals surface area (Å²) in [5.74, 6) is 0.00879. The van der Waals surface area contributed by atoms with Gasteiger partial charge >= 0.3 is 0 Å². The van der Waals surface area contributed by atoms with Gasteiger partial charge in [-0.25, -0.2) is 0 Å². The van der Waals surface area contributed by atoms with Gasteiger partial charge in [0, 0.05) is 51.6 Å². The molecule has 0 fully saturated rings. The molecule has 0 atom stereocenters. The van der Waals surface area contributed by atoms with Crippen LogP contribution >= 0.6 is 0 Å². The first-order chi connectivity index (χ1) is 17.9. The van der Waals surface area contributed by atoms with Crippen molar-refractivity contribution in [2.24, 2.45) is 10.7 Å². The number of fused-ring (bicyclic) bond motifs is 1. The number of amides is 1. The number of nitrogens with zero attached hydrogens (tertiary/aromatic N) is 3. The summed E-state index contributed by atoms with van der Waals surface area (Å²) in [6, 6.07) is 25.9. The summed E-state index contributed by atoms with van der Waals surface area (Å²) >= 11 is 0. The van der Waals surface area contributed by atoms with E-state index in [9.17, 15) is 10.1 Å². The molecule has 8 nitrogen and oxygen atoms in total. The molecule has 180 valence electrons. The Balaban J connectivity index is 1.40. The molecule has 1 aromatic heterocycles. The molecule has 1 amide bonds. The highest BCUT2D eigenvalue weighted by Crippen LogP contribution is 2.26. The number of rotatable bonds is 7. The molecule has 0 spiro atoms. The van der Waals surface area contributed by atoms with E-state index in [1.165, 1.54) is 0 Å². The van der Waals surface area contributed by atoms with Crippen molar-refractivity contribution >= 4 is 45.4 Å². The maximum absolute atomic E-state index is 12.7. The molecule has 0 aliphatic rings. The highest BCUT2D eigenvalue weighted by molar-refractivity contribution is 6.04. The zero-order valence-electron chi connectivity index (χ0n) is 20.0. The van der Waals surface area contributed by atoms with E-state index >= 15 is 0 Å². The molecule has 4 aromatic rings. The Bertz CT molecular complexity index is 1590. The molecule has 8 heteroatoms. The van der Waals surface area contributed by atoms with Crippen LogP contribution in [0.2, 0.25) is 0 Å². The molecule has 3 aromatic carbocycles. The van der Waals surface area contributed by atoms with Crippen LogP contribution in [-0.2, 0) is 0 Å². The average molecular weight is 486 g/mol. The Kier molecular flexibility index (Phi) is 7.43. The second kappa shape index (κ2) is 11.2. The van der Waals surface area contributed by atoms with Crippen molar-refractivity contribution in [2.75, 3.05) is 16.0 Å². The number of allylic oxidation sites excluding steroid dienone is 1. The number of amidine groups is 1. The molecule has 4 rings (SSSR count). The van der Waals surface area contributed by atoms with E-state index in [0.29, 0.717) is 16.8 Å². The summed E-state index contributed by atoms with van der Waals surface area (Å²) in [7, 11) is 0. The molecule has 0 radical (unpaired) electrons. The molecule has 0 aliphatic heterocycles. The van der Waals surface area contributed by atoms with Gasteiger partial charge in [0.05, 0.1) is 17.1 Å². The third-order valence-corrected chi connectivity index (χ3v) is 5.34. The van der Waals surface area contributed by atoms with Crippen molar-refractivity contribution in [3.05, 3.63) is 102 Å². The molecule has 0 unspecified atom stereocenters. The van der Waals surface area contributed by atoms with Gasteiger partial charge < -0.3 is 21.7 Å². The molecular formula is C29H23N7O. The van der Waals surface area contributed by atoms with Crippen molar-refractivity contribution in [1.82, 2.24) is 4.98 Å². The van der Waals surface area contributed by atoms with Crippen LogP contribution in [0.4, 0.5) is 22.7 Å². The second-order valence-corrected chi connectivity index (χ2v) is 8.05. The molecule has 0 bridgehead atoms.